The minimum Gasteiger partial charge on any atom is -0.492 e. The predicted molar refractivity (Wildman–Crippen MR) is 108 cm³/mol. The Kier molecular flexibility index (Phi) is 6.52. The summed E-state index contributed by atoms with van der Waals surface area (Å²) in [6.45, 7) is 8.03. The van der Waals surface area contributed by atoms with Crippen LogP contribution in [-0.2, 0) is 15.8 Å². The number of aryl methyl sites for hydroxylation is 2. The largest absolute Gasteiger partial charge is 0.492 e. The van der Waals surface area contributed by atoms with Crippen molar-refractivity contribution in [2.24, 2.45) is 0 Å². The Labute approximate surface area is 162 Å². The van der Waals surface area contributed by atoms with Gasteiger partial charge in [-0.05, 0) is 31.5 Å². The number of ether oxygens (including phenoxy) is 1. The van der Waals surface area contributed by atoms with E-state index in [9.17, 15) is 8.42 Å². The zero-order chi connectivity index (χ0) is 19.3. The highest BCUT2D eigenvalue weighted by molar-refractivity contribution is 7.88. The second-order valence-corrected chi connectivity index (χ2v) is 9.11. The maximum absolute atomic E-state index is 12.7. The van der Waals surface area contributed by atoms with Crippen molar-refractivity contribution in [1.29, 1.82) is 0 Å². The molecule has 3 rings (SSSR count). The molecule has 1 aliphatic rings. The molecule has 2 aromatic rings. The Morgan fingerprint density at radius 3 is 2.00 bits per heavy atom. The Bertz CT molecular complexity index is 825. The summed E-state index contributed by atoms with van der Waals surface area (Å²) < 4.78 is 32.7. The van der Waals surface area contributed by atoms with Crippen molar-refractivity contribution in [2.45, 2.75) is 19.6 Å². The topological polar surface area (TPSA) is 49.9 Å². The zero-order valence-corrected chi connectivity index (χ0v) is 16.9. The van der Waals surface area contributed by atoms with Gasteiger partial charge in [0, 0.05) is 32.7 Å². The summed E-state index contributed by atoms with van der Waals surface area (Å²) in [4.78, 5) is 2.26. The van der Waals surface area contributed by atoms with Crippen molar-refractivity contribution in [3.8, 4) is 5.75 Å². The van der Waals surface area contributed by atoms with E-state index in [4.69, 9.17) is 4.74 Å². The molecule has 0 spiro atoms. The van der Waals surface area contributed by atoms with Crippen LogP contribution in [0.4, 0.5) is 0 Å². The summed E-state index contributed by atoms with van der Waals surface area (Å²) in [5.41, 5.74) is 3.19. The Hall–Kier alpha value is -1.89. The zero-order valence-electron chi connectivity index (χ0n) is 16.1. The fourth-order valence-electron chi connectivity index (χ4n) is 3.14. The predicted octanol–water partition coefficient (Wildman–Crippen LogP) is 2.83. The van der Waals surface area contributed by atoms with E-state index in [1.54, 1.807) is 4.31 Å². The number of sulfonamides is 1. The highest BCUT2D eigenvalue weighted by Gasteiger charge is 2.26. The average molecular weight is 389 g/mol. The Balaban J connectivity index is 1.43. The van der Waals surface area contributed by atoms with E-state index in [1.165, 1.54) is 5.56 Å². The number of nitrogens with zero attached hydrogens (tertiary/aromatic N) is 2. The molecule has 0 unspecified atom stereocenters. The maximum Gasteiger partial charge on any atom is 0.218 e. The summed E-state index contributed by atoms with van der Waals surface area (Å²) in [6.07, 6.45) is 0. The van der Waals surface area contributed by atoms with Crippen molar-refractivity contribution in [3.05, 3.63) is 65.2 Å². The smallest absolute Gasteiger partial charge is 0.218 e. The SMILES string of the molecule is Cc1ccc(CS(=O)(=O)N2CCN(CCOc3ccc(C)cc3)CC2)cc1. The molecule has 1 saturated heterocycles. The standard InChI is InChI=1S/C21H28N2O3S/c1-18-3-7-20(8-4-18)17-27(24,25)23-13-11-22(12-14-23)15-16-26-21-9-5-19(2)6-10-21/h3-10H,11-17H2,1-2H3. The first-order valence-electron chi connectivity index (χ1n) is 9.37. The van der Waals surface area contributed by atoms with Gasteiger partial charge in [0.05, 0.1) is 5.75 Å². The molecule has 0 bridgehead atoms. The summed E-state index contributed by atoms with van der Waals surface area (Å²) in [5, 5.41) is 0. The molecule has 6 heteroatoms. The van der Waals surface area contributed by atoms with Gasteiger partial charge in [-0.2, -0.15) is 4.31 Å². The molecule has 1 fully saturated rings. The molecule has 146 valence electrons. The monoisotopic (exact) mass is 388 g/mol. The number of hydrogen-bond donors (Lipinski definition) is 0. The molecule has 0 aromatic heterocycles. The minimum atomic E-state index is -3.26. The van der Waals surface area contributed by atoms with Crippen molar-refractivity contribution in [3.63, 3.8) is 0 Å². The van der Waals surface area contributed by atoms with Crippen molar-refractivity contribution < 1.29 is 13.2 Å². The lowest BCUT2D eigenvalue weighted by Gasteiger charge is -2.33. The number of piperazine rings is 1. The minimum absolute atomic E-state index is 0.0732. The van der Waals surface area contributed by atoms with Gasteiger partial charge in [0.15, 0.2) is 0 Å². The molecule has 0 amide bonds. The fourth-order valence-corrected chi connectivity index (χ4v) is 4.66. The quantitative estimate of drug-likeness (QED) is 0.732. The van der Waals surface area contributed by atoms with Gasteiger partial charge in [-0.3, -0.25) is 4.90 Å². The molecular weight excluding hydrogens is 360 g/mol. The van der Waals surface area contributed by atoms with Crippen molar-refractivity contribution >= 4 is 10.0 Å². The van der Waals surface area contributed by atoms with Gasteiger partial charge in [-0.15, -0.1) is 0 Å². The van der Waals surface area contributed by atoms with E-state index in [-0.39, 0.29) is 5.75 Å². The molecule has 5 nitrogen and oxygen atoms in total. The Morgan fingerprint density at radius 2 is 1.41 bits per heavy atom. The molecule has 1 heterocycles. The third-order valence-corrected chi connectivity index (χ3v) is 6.74. The summed E-state index contributed by atoms with van der Waals surface area (Å²) >= 11 is 0. The van der Waals surface area contributed by atoms with Crippen LogP contribution in [0, 0.1) is 13.8 Å². The molecule has 0 aliphatic carbocycles. The van der Waals surface area contributed by atoms with Gasteiger partial charge >= 0.3 is 0 Å². The lowest BCUT2D eigenvalue weighted by Crippen LogP contribution is -2.49. The summed E-state index contributed by atoms with van der Waals surface area (Å²) in [7, 11) is -3.26. The summed E-state index contributed by atoms with van der Waals surface area (Å²) in [5.74, 6) is 0.948. The third kappa shape index (κ3) is 5.79. The van der Waals surface area contributed by atoms with E-state index in [1.807, 2.05) is 55.5 Å². The molecule has 1 aliphatic heterocycles. The third-order valence-electron chi connectivity index (χ3n) is 4.89. The normalized spacial score (nSPS) is 16.4. The molecule has 0 N–H and O–H groups in total. The molecule has 2 aromatic carbocycles. The van der Waals surface area contributed by atoms with Crippen LogP contribution >= 0.6 is 0 Å². The van der Waals surface area contributed by atoms with Gasteiger partial charge in [-0.25, -0.2) is 8.42 Å². The first kappa shape index (κ1) is 19.9. The van der Waals surface area contributed by atoms with Crippen LogP contribution in [0.5, 0.6) is 5.75 Å². The molecule has 0 radical (unpaired) electrons. The maximum atomic E-state index is 12.7. The van der Waals surface area contributed by atoms with Gasteiger partial charge < -0.3 is 4.74 Å². The molecule has 27 heavy (non-hydrogen) atoms. The average Bonchev–Trinajstić information content (AvgIpc) is 2.65. The lowest BCUT2D eigenvalue weighted by molar-refractivity contribution is 0.159. The first-order valence-corrected chi connectivity index (χ1v) is 11.0. The van der Waals surface area contributed by atoms with Crippen molar-refractivity contribution in [1.82, 2.24) is 9.21 Å². The van der Waals surface area contributed by atoms with Gasteiger partial charge in [0.1, 0.15) is 12.4 Å². The number of benzene rings is 2. The first-order chi connectivity index (χ1) is 12.9. The highest BCUT2D eigenvalue weighted by Crippen LogP contribution is 2.15. The fraction of sp³-hybridized carbons (Fsp3) is 0.429. The van der Waals surface area contributed by atoms with Crippen LogP contribution in [-0.4, -0.2) is 57.0 Å². The van der Waals surface area contributed by atoms with Gasteiger partial charge in [-0.1, -0.05) is 47.5 Å². The molecule has 0 saturated carbocycles. The van der Waals surface area contributed by atoms with Crippen LogP contribution in [0.15, 0.2) is 48.5 Å². The van der Waals surface area contributed by atoms with Gasteiger partial charge in [0.2, 0.25) is 10.0 Å². The van der Waals surface area contributed by atoms with Crippen LogP contribution in [0.3, 0.4) is 0 Å². The molecule has 0 atom stereocenters. The second-order valence-electron chi connectivity index (χ2n) is 7.14. The van der Waals surface area contributed by atoms with E-state index >= 15 is 0 Å². The second kappa shape index (κ2) is 8.87. The van der Waals surface area contributed by atoms with E-state index in [2.05, 4.69) is 11.8 Å². The van der Waals surface area contributed by atoms with Crippen LogP contribution < -0.4 is 4.74 Å². The Morgan fingerprint density at radius 1 is 0.852 bits per heavy atom. The van der Waals surface area contributed by atoms with Crippen LogP contribution in [0.25, 0.3) is 0 Å². The van der Waals surface area contributed by atoms with Crippen molar-refractivity contribution in [2.75, 3.05) is 39.3 Å². The number of hydrogen-bond acceptors (Lipinski definition) is 4. The van der Waals surface area contributed by atoms with Crippen LogP contribution in [0.2, 0.25) is 0 Å². The lowest BCUT2D eigenvalue weighted by atomic mass is 10.2. The highest BCUT2D eigenvalue weighted by atomic mass is 32.2. The van der Waals surface area contributed by atoms with Crippen LogP contribution in [0.1, 0.15) is 16.7 Å². The molecular formula is C21H28N2O3S. The summed E-state index contributed by atoms with van der Waals surface area (Å²) in [6, 6.07) is 15.7. The van der Waals surface area contributed by atoms with E-state index in [0.717, 1.165) is 36.5 Å². The van der Waals surface area contributed by atoms with E-state index in [0.29, 0.717) is 19.7 Å². The van der Waals surface area contributed by atoms with Gasteiger partial charge in [0.25, 0.3) is 0 Å². The number of rotatable bonds is 7. The van der Waals surface area contributed by atoms with E-state index < -0.39 is 10.0 Å².